The molecular weight excluding hydrogens is 243 g/mol. The third kappa shape index (κ3) is 3.16. The van der Waals surface area contributed by atoms with E-state index >= 15 is 0 Å². The summed E-state index contributed by atoms with van der Waals surface area (Å²) in [6.45, 7) is 3.76. The fourth-order valence-corrected chi connectivity index (χ4v) is 1.75. The number of hydrogen-bond acceptors (Lipinski definition) is 2. The molecule has 0 atom stereocenters. The first-order valence-corrected chi connectivity index (χ1v) is 6.08. The minimum Gasteiger partial charge on any atom is -0.350 e. The van der Waals surface area contributed by atoms with Crippen molar-refractivity contribution in [3.05, 3.63) is 54.1 Å². The maximum atomic E-state index is 13.7. The van der Waals surface area contributed by atoms with Crippen LogP contribution in [0.4, 0.5) is 4.39 Å². The van der Waals surface area contributed by atoms with Crippen molar-refractivity contribution in [2.24, 2.45) is 0 Å². The Morgan fingerprint density at radius 2 is 2.00 bits per heavy atom. The Morgan fingerprint density at radius 1 is 1.26 bits per heavy atom. The average Bonchev–Trinajstić information content (AvgIpc) is 2.38. The zero-order valence-corrected chi connectivity index (χ0v) is 10.9. The molecular formula is C15H15FN2O. The quantitative estimate of drug-likeness (QED) is 0.919. The van der Waals surface area contributed by atoms with Gasteiger partial charge in [-0.15, -0.1) is 0 Å². The number of halogens is 1. The van der Waals surface area contributed by atoms with Crippen molar-refractivity contribution in [3.8, 4) is 11.1 Å². The van der Waals surface area contributed by atoms with Crippen molar-refractivity contribution in [1.29, 1.82) is 0 Å². The van der Waals surface area contributed by atoms with Crippen LogP contribution < -0.4 is 5.32 Å². The van der Waals surface area contributed by atoms with E-state index in [1.807, 2.05) is 13.8 Å². The number of pyridine rings is 1. The van der Waals surface area contributed by atoms with Gasteiger partial charge in [0.1, 0.15) is 5.82 Å². The maximum absolute atomic E-state index is 13.7. The molecule has 0 radical (unpaired) electrons. The molecule has 1 heterocycles. The summed E-state index contributed by atoms with van der Waals surface area (Å²) in [4.78, 5) is 15.9. The average molecular weight is 258 g/mol. The Morgan fingerprint density at radius 3 is 2.68 bits per heavy atom. The molecule has 2 rings (SSSR count). The van der Waals surface area contributed by atoms with E-state index in [2.05, 4.69) is 10.3 Å². The van der Waals surface area contributed by atoms with Gasteiger partial charge in [-0.1, -0.05) is 18.2 Å². The number of nitrogens with one attached hydrogen (secondary N) is 1. The molecule has 1 aromatic carbocycles. The Balaban J connectivity index is 2.35. The van der Waals surface area contributed by atoms with Crippen LogP contribution in [-0.2, 0) is 0 Å². The van der Waals surface area contributed by atoms with Crippen LogP contribution in [-0.4, -0.2) is 16.9 Å². The smallest absolute Gasteiger partial charge is 0.253 e. The van der Waals surface area contributed by atoms with Gasteiger partial charge in [0.05, 0.1) is 5.56 Å². The summed E-state index contributed by atoms with van der Waals surface area (Å²) in [6.07, 6.45) is 3.02. The summed E-state index contributed by atoms with van der Waals surface area (Å²) in [6, 6.07) is 8.11. The second kappa shape index (κ2) is 5.61. The second-order valence-electron chi connectivity index (χ2n) is 4.57. The molecule has 0 saturated carbocycles. The van der Waals surface area contributed by atoms with Crippen LogP contribution in [0.25, 0.3) is 11.1 Å². The van der Waals surface area contributed by atoms with Crippen LogP contribution in [0, 0.1) is 5.82 Å². The van der Waals surface area contributed by atoms with Gasteiger partial charge in [0, 0.05) is 29.6 Å². The van der Waals surface area contributed by atoms with Gasteiger partial charge >= 0.3 is 0 Å². The number of nitrogens with zero attached hydrogens (tertiary/aromatic N) is 1. The first kappa shape index (κ1) is 13.2. The van der Waals surface area contributed by atoms with E-state index in [1.165, 1.54) is 12.3 Å². The fourth-order valence-electron chi connectivity index (χ4n) is 1.75. The van der Waals surface area contributed by atoms with Gasteiger partial charge in [0.2, 0.25) is 0 Å². The summed E-state index contributed by atoms with van der Waals surface area (Å²) in [7, 11) is 0. The monoisotopic (exact) mass is 258 g/mol. The summed E-state index contributed by atoms with van der Waals surface area (Å²) in [5.74, 6) is -0.536. The van der Waals surface area contributed by atoms with E-state index in [1.54, 1.807) is 30.5 Å². The molecule has 0 unspecified atom stereocenters. The molecule has 0 saturated heterocycles. The lowest BCUT2D eigenvalue weighted by atomic mass is 10.1. The zero-order chi connectivity index (χ0) is 13.8. The molecule has 2 aromatic rings. The maximum Gasteiger partial charge on any atom is 0.253 e. The van der Waals surface area contributed by atoms with E-state index < -0.39 is 0 Å². The lowest BCUT2D eigenvalue weighted by Gasteiger charge is -2.09. The number of hydrogen-bond donors (Lipinski definition) is 1. The lowest BCUT2D eigenvalue weighted by molar-refractivity contribution is 0.0943. The Hall–Kier alpha value is -2.23. The van der Waals surface area contributed by atoms with Crippen LogP contribution in [0.5, 0.6) is 0 Å². The molecule has 98 valence electrons. The van der Waals surface area contributed by atoms with Crippen molar-refractivity contribution in [1.82, 2.24) is 10.3 Å². The molecule has 0 aliphatic heterocycles. The summed E-state index contributed by atoms with van der Waals surface area (Å²) < 4.78 is 13.7. The van der Waals surface area contributed by atoms with E-state index in [4.69, 9.17) is 0 Å². The molecule has 1 amide bonds. The SMILES string of the molecule is CC(C)NC(=O)c1cncc(-c2ccccc2F)c1. The number of benzene rings is 1. The summed E-state index contributed by atoms with van der Waals surface area (Å²) in [5, 5.41) is 2.78. The van der Waals surface area contributed by atoms with Gasteiger partial charge in [0.25, 0.3) is 5.91 Å². The minimum atomic E-state index is -0.328. The predicted octanol–water partition coefficient (Wildman–Crippen LogP) is 3.03. The molecule has 19 heavy (non-hydrogen) atoms. The highest BCUT2D eigenvalue weighted by Crippen LogP contribution is 2.22. The van der Waals surface area contributed by atoms with Crippen LogP contribution in [0.2, 0.25) is 0 Å². The zero-order valence-electron chi connectivity index (χ0n) is 10.9. The van der Waals surface area contributed by atoms with Gasteiger partial charge in [-0.3, -0.25) is 9.78 Å². The molecule has 1 aromatic heterocycles. The molecule has 3 nitrogen and oxygen atoms in total. The van der Waals surface area contributed by atoms with Crippen LogP contribution in [0.15, 0.2) is 42.7 Å². The van der Waals surface area contributed by atoms with Gasteiger partial charge in [0.15, 0.2) is 0 Å². The van der Waals surface area contributed by atoms with Gasteiger partial charge < -0.3 is 5.32 Å². The van der Waals surface area contributed by atoms with Crippen molar-refractivity contribution >= 4 is 5.91 Å². The number of amides is 1. The molecule has 0 bridgehead atoms. The highest BCUT2D eigenvalue weighted by molar-refractivity contribution is 5.95. The van der Waals surface area contributed by atoms with Crippen LogP contribution >= 0.6 is 0 Å². The lowest BCUT2D eigenvalue weighted by Crippen LogP contribution is -2.30. The molecule has 4 heteroatoms. The first-order chi connectivity index (χ1) is 9.08. The third-order valence-electron chi connectivity index (χ3n) is 2.61. The van der Waals surface area contributed by atoms with Crippen LogP contribution in [0.3, 0.4) is 0 Å². The van der Waals surface area contributed by atoms with Gasteiger partial charge in [-0.25, -0.2) is 4.39 Å². The number of carbonyl (C=O) groups excluding carboxylic acids is 1. The topological polar surface area (TPSA) is 42.0 Å². The van der Waals surface area contributed by atoms with E-state index in [0.717, 1.165) is 0 Å². The standard InChI is InChI=1S/C15H15FN2O/c1-10(2)18-15(19)12-7-11(8-17-9-12)13-5-3-4-6-14(13)16/h3-10H,1-2H3,(H,18,19). The van der Waals surface area contributed by atoms with E-state index in [9.17, 15) is 9.18 Å². The molecule has 0 aliphatic carbocycles. The largest absolute Gasteiger partial charge is 0.350 e. The van der Waals surface area contributed by atoms with E-state index in [0.29, 0.717) is 16.7 Å². The number of aromatic nitrogens is 1. The Labute approximate surface area is 111 Å². The molecule has 0 fully saturated rings. The predicted molar refractivity (Wildman–Crippen MR) is 72.2 cm³/mol. The fraction of sp³-hybridized carbons (Fsp3) is 0.200. The third-order valence-corrected chi connectivity index (χ3v) is 2.61. The molecule has 1 N–H and O–H groups in total. The second-order valence-corrected chi connectivity index (χ2v) is 4.57. The highest BCUT2D eigenvalue weighted by atomic mass is 19.1. The number of carbonyl (C=O) groups is 1. The molecule has 0 spiro atoms. The Bertz CT molecular complexity index is 596. The van der Waals surface area contributed by atoms with Gasteiger partial charge in [-0.05, 0) is 26.0 Å². The van der Waals surface area contributed by atoms with Crippen molar-refractivity contribution in [2.75, 3.05) is 0 Å². The van der Waals surface area contributed by atoms with E-state index in [-0.39, 0.29) is 17.8 Å². The van der Waals surface area contributed by atoms with Crippen molar-refractivity contribution in [3.63, 3.8) is 0 Å². The first-order valence-electron chi connectivity index (χ1n) is 6.08. The summed E-state index contributed by atoms with van der Waals surface area (Å²) >= 11 is 0. The van der Waals surface area contributed by atoms with Crippen molar-refractivity contribution in [2.45, 2.75) is 19.9 Å². The molecule has 0 aliphatic rings. The highest BCUT2D eigenvalue weighted by Gasteiger charge is 2.10. The normalized spacial score (nSPS) is 10.5. The number of rotatable bonds is 3. The van der Waals surface area contributed by atoms with Gasteiger partial charge in [-0.2, -0.15) is 0 Å². The summed E-state index contributed by atoms with van der Waals surface area (Å²) in [5.41, 5.74) is 1.46. The van der Waals surface area contributed by atoms with Crippen LogP contribution in [0.1, 0.15) is 24.2 Å². The van der Waals surface area contributed by atoms with Crippen molar-refractivity contribution < 1.29 is 9.18 Å². The minimum absolute atomic E-state index is 0.0459. The Kier molecular flexibility index (Phi) is 3.90.